The van der Waals surface area contributed by atoms with E-state index in [0.29, 0.717) is 5.92 Å². The molecule has 2 fully saturated rings. The van der Waals surface area contributed by atoms with Gasteiger partial charge < -0.3 is 10.1 Å². The second kappa shape index (κ2) is 6.78. The van der Waals surface area contributed by atoms with Crippen molar-refractivity contribution in [3.05, 3.63) is 29.8 Å². The van der Waals surface area contributed by atoms with Gasteiger partial charge in [0.05, 0.1) is 0 Å². The van der Waals surface area contributed by atoms with Crippen molar-refractivity contribution in [2.24, 2.45) is 17.8 Å². The van der Waals surface area contributed by atoms with E-state index in [4.69, 9.17) is 4.74 Å². The molecule has 0 unspecified atom stereocenters. The summed E-state index contributed by atoms with van der Waals surface area (Å²) in [6.45, 7) is 8.82. The van der Waals surface area contributed by atoms with Crippen LogP contribution in [0.15, 0.2) is 24.3 Å². The Morgan fingerprint density at radius 3 is 2.46 bits per heavy atom. The number of ether oxygens (including phenoxy) is 1. The maximum absolute atomic E-state index is 12.2. The molecule has 1 aromatic carbocycles. The van der Waals surface area contributed by atoms with Crippen molar-refractivity contribution >= 4 is 5.91 Å². The topological polar surface area (TPSA) is 38.3 Å². The maximum Gasteiger partial charge on any atom is 0.258 e. The van der Waals surface area contributed by atoms with Crippen molar-refractivity contribution in [2.45, 2.75) is 64.8 Å². The van der Waals surface area contributed by atoms with Gasteiger partial charge in [-0.1, -0.05) is 39.3 Å². The minimum Gasteiger partial charge on any atom is -0.484 e. The lowest BCUT2D eigenvalue weighted by Gasteiger charge is -2.28. The van der Waals surface area contributed by atoms with Crippen LogP contribution >= 0.6 is 0 Å². The number of benzene rings is 1. The van der Waals surface area contributed by atoms with Gasteiger partial charge in [0.2, 0.25) is 0 Å². The molecule has 0 saturated heterocycles. The first-order valence-electron chi connectivity index (χ1n) is 9.35. The molecule has 1 amide bonds. The Bertz CT molecular complexity index is 572. The van der Waals surface area contributed by atoms with Crippen LogP contribution in [0.3, 0.4) is 0 Å². The molecule has 0 spiro atoms. The molecule has 2 aliphatic rings. The summed E-state index contributed by atoms with van der Waals surface area (Å²) in [7, 11) is 0. The first-order chi connectivity index (χ1) is 11.3. The van der Waals surface area contributed by atoms with Crippen molar-refractivity contribution in [2.75, 3.05) is 6.61 Å². The quantitative estimate of drug-likeness (QED) is 0.874. The van der Waals surface area contributed by atoms with Crippen LogP contribution in [0.2, 0.25) is 0 Å². The van der Waals surface area contributed by atoms with Crippen molar-refractivity contribution in [3.63, 3.8) is 0 Å². The third kappa shape index (κ3) is 3.93. The molecule has 3 nitrogen and oxygen atoms in total. The van der Waals surface area contributed by atoms with Crippen LogP contribution in [-0.4, -0.2) is 18.6 Å². The molecule has 3 heteroatoms. The van der Waals surface area contributed by atoms with Gasteiger partial charge in [0, 0.05) is 6.04 Å². The van der Waals surface area contributed by atoms with E-state index in [0.717, 1.165) is 17.6 Å². The molecule has 2 bridgehead atoms. The fourth-order valence-electron chi connectivity index (χ4n) is 4.51. The van der Waals surface area contributed by atoms with Gasteiger partial charge in [-0.3, -0.25) is 4.79 Å². The average Bonchev–Trinajstić information content (AvgIpc) is 3.15. The molecular formula is C21H31NO2. The summed E-state index contributed by atoms with van der Waals surface area (Å²) < 4.78 is 5.65. The zero-order valence-corrected chi connectivity index (χ0v) is 15.5. The van der Waals surface area contributed by atoms with Gasteiger partial charge in [0.1, 0.15) is 5.75 Å². The maximum atomic E-state index is 12.2. The lowest BCUT2D eigenvalue weighted by molar-refractivity contribution is -0.124. The molecule has 0 aliphatic heterocycles. The Balaban J connectivity index is 1.45. The summed E-state index contributed by atoms with van der Waals surface area (Å²) in [5.74, 6) is 3.16. The fourth-order valence-corrected chi connectivity index (χ4v) is 4.51. The zero-order valence-electron chi connectivity index (χ0n) is 15.5. The number of fused-ring (bicyclic) bond motifs is 2. The number of hydrogen-bond donors (Lipinski definition) is 1. The van der Waals surface area contributed by atoms with E-state index in [1.807, 2.05) is 12.1 Å². The van der Waals surface area contributed by atoms with Crippen LogP contribution in [0.4, 0.5) is 0 Å². The highest BCUT2D eigenvalue weighted by atomic mass is 16.5. The van der Waals surface area contributed by atoms with Crippen molar-refractivity contribution < 1.29 is 9.53 Å². The molecule has 24 heavy (non-hydrogen) atoms. The van der Waals surface area contributed by atoms with E-state index in [9.17, 15) is 4.79 Å². The molecule has 1 aromatic rings. The predicted molar refractivity (Wildman–Crippen MR) is 97.2 cm³/mol. The summed E-state index contributed by atoms with van der Waals surface area (Å²) in [4.78, 5) is 12.2. The summed E-state index contributed by atoms with van der Waals surface area (Å²) in [5.41, 5.74) is 1.40. The highest BCUT2D eigenvalue weighted by molar-refractivity contribution is 5.77. The second-order valence-electron chi connectivity index (χ2n) is 8.76. The largest absolute Gasteiger partial charge is 0.484 e. The van der Waals surface area contributed by atoms with Gasteiger partial charge in [0.25, 0.3) is 5.91 Å². The average molecular weight is 329 g/mol. The molecule has 3 rings (SSSR count). The zero-order chi connectivity index (χ0) is 17.3. The number of carbonyl (C=O) groups is 1. The van der Waals surface area contributed by atoms with Gasteiger partial charge in [-0.05, 0) is 67.1 Å². The Morgan fingerprint density at radius 2 is 1.92 bits per heavy atom. The summed E-state index contributed by atoms with van der Waals surface area (Å²) in [6.07, 6.45) is 5.42. The first-order valence-corrected chi connectivity index (χ1v) is 9.35. The van der Waals surface area contributed by atoms with Crippen molar-refractivity contribution in [3.8, 4) is 5.75 Å². The highest BCUT2D eigenvalue weighted by Gasteiger charge is 2.42. The molecule has 0 aromatic heterocycles. The van der Waals surface area contributed by atoms with Crippen LogP contribution in [0.5, 0.6) is 5.75 Å². The normalized spacial score (nSPS) is 27.1. The molecule has 4 atom stereocenters. The number of carbonyl (C=O) groups excluding carboxylic acids is 1. The smallest absolute Gasteiger partial charge is 0.258 e. The fraction of sp³-hybridized carbons (Fsp3) is 0.667. The molecular weight excluding hydrogens is 298 g/mol. The third-order valence-electron chi connectivity index (χ3n) is 5.91. The lowest BCUT2D eigenvalue weighted by atomic mass is 9.84. The lowest BCUT2D eigenvalue weighted by Crippen LogP contribution is -2.42. The Kier molecular flexibility index (Phi) is 4.89. The van der Waals surface area contributed by atoms with E-state index >= 15 is 0 Å². The summed E-state index contributed by atoms with van der Waals surface area (Å²) >= 11 is 0. The number of nitrogens with one attached hydrogen (secondary N) is 1. The van der Waals surface area contributed by atoms with E-state index in [1.165, 1.54) is 31.2 Å². The van der Waals surface area contributed by atoms with E-state index in [2.05, 4.69) is 45.1 Å². The monoisotopic (exact) mass is 329 g/mol. The van der Waals surface area contributed by atoms with Gasteiger partial charge in [0.15, 0.2) is 6.61 Å². The first kappa shape index (κ1) is 17.3. The summed E-state index contributed by atoms with van der Waals surface area (Å²) in [5, 5.41) is 3.15. The molecule has 1 N–H and O–H groups in total. The molecule has 132 valence electrons. The Hall–Kier alpha value is -1.51. The molecule has 2 aliphatic carbocycles. The molecule has 2 saturated carbocycles. The highest BCUT2D eigenvalue weighted by Crippen LogP contribution is 2.49. The minimum absolute atomic E-state index is 0.00910. The van der Waals surface area contributed by atoms with Crippen LogP contribution in [0.25, 0.3) is 0 Å². The Labute approximate surface area is 146 Å². The van der Waals surface area contributed by atoms with Crippen molar-refractivity contribution in [1.29, 1.82) is 0 Å². The number of amides is 1. The Morgan fingerprint density at radius 1 is 1.21 bits per heavy atom. The van der Waals surface area contributed by atoms with Gasteiger partial charge in [-0.25, -0.2) is 0 Å². The third-order valence-corrected chi connectivity index (χ3v) is 5.91. The van der Waals surface area contributed by atoms with Crippen LogP contribution in [0.1, 0.15) is 58.9 Å². The second-order valence-corrected chi connectivity index (χ2v) is 8.76. The van der Waals surface area contributed by atoms with Crippen LogP contribution < -0.4 is 10.1 Å². The van der Waals surface area contributed by atoms with Gasteiger partial charge in [-0.2, -0.15) is 0 Å². The van der Waals surface area contributed by atoms with Gasteiger partial charge in [-0.15, -0.1) is 0 Å². The van der Waals surface area contributed by atoms with Crippen molar-refractivity contribution in [1.82, 2.24) is 5.32 Å². The minimum atomic E-state index is -0.00910. The molecule has 0 radical (unpaired) electrons. The van der Waals surface area contributed by atoms with Gasteiger partial charge >= 0.3 is 0 Å². The number of hydrogen-bond acceptors (Lipinski definition) is 2. The van der Waals surface area contributed by atoms with Crippen LogP contribution in [-0.2, 0) is 10.2 Å². The predicted octanol–water partition coefficient (Wildman–Crippen LogP) is 4.30. The van der Waals surface area contributed by atoms with E-state index in [1.54, 1.807) is 0 Å². The van der Waals surface area contributed by atoms with Crippen LogP contribution in [0, 0.1) is 17.8 Å². The van der Waals surface area contributed by atoms with E-state index < -0.39 is 0 Å². The standard InChI is InChI=1S/C21H31NO2/c1-14(19-12-15-5-6-16(19)11-15)22-20(23)13-24-18-9-7-17(8-10-18)21(2,3)4/h7-10,14-16,19H,5-6,11-13H2,1-4H3,(H,22,23)/t14-,15-,16-,19-/m1/s1. The van der Waals surface area contributed by atoms with E-state index in [-0.39, 0.29) is 24.0 Å². The SMILES string of the molecule is C[C@@H](NC(=O)COc1ccc(C(C)(C)C)cc1)[C@H]1C[C@@H]2CC[C@@H]1C2. The number of rotatable bonds is 5. The molecule has 0 heterocycles. The summed E-state index contributed by atoms with van der Waals surface area (Å²) in [6, 6.07) is 8.32.